The molecule has 5 heteroatoms. The van der Waals surface area contributed by atoms with Crippen LogP contribution in [0.5, 0.6) is 0 Å². The van der Waals surface area contributed by atoms with E-state index in [0.29, 0.717) is 35.8 Å². The number of carbonyl (C=O) groups excluding carboxylic acids is 1. The number of fused-ring (bicyclic) bond motifs is 2. The van der Waals surface area contributed by atoms with E-state index in [0.717, 1.165) is 45.1 Å². The predicted molar refractivity (Wildman–Crippen MR) is 129 cm³/mol. The highest BCUT2D eigenvalue weighted by atomic mass is 28.4. The molecule has 2 aliphatic carbocycles. The number of hydrogen-bond acceptors (Lipinski definition) is 4. The Balaban J connectivity index is 1.86. The van der Waals surface area contributed by atoms with Gasteiger partial charge in [-0.1, -0.05) is 55.4 Å². The van der Waals surface area contributed by atoms with E-state index in [1.165, 1.54) is 6.29 Å². The molecule has 0 amide bonds. The van der Waals surface area contributed by atoms with Crippen LogP contribution in [0.4, 0.5) is 0 Å². The van der Waals surface area contributed by atoms with Crippen molar-refractivity contribution >= 4 is 14.6 Å². The Hall–Kier alpha value is -0.233. The Morgan fingerprint density at radius 3 is 2.06 bits per heavy atom. The van der Waals surface area contributed by atoms with E-state index >= 15 is 0 Å². The van der Waals surface area contributed by atoms with Crippen molar-refractivity contribution in [1.29, 1.82) is 0 Å². The first-order valence-corrected chi connectivity index (χ1v) is 15.0. The minimum Gasteiger partial charge on any atom is -0.416 e. The quantitative estimate of drug-likeness (QED) is 0.302. The predicted octanol–water partition coefficient (Wildman–Crippen LogP) is 6.73. The Labute approximate surface area is 192 Å². The maximum Gasteiger partial charge on any atom is 0.200 e. The van der Waals surface area contributed by atoms with Crippen molar-refractivity contribution in [2.24, 2.45) is 22.7 Å². The Morgan fingerprint density at radius 1 is 0.968 bits per heavy atom. The fourth-order valence-electron chi connectivity index (χ4n) is 8.33. The highest BCUT2D eigenvalue weighted by Crippen LogP contribution is 2.65. The summed E-state index contributed by atoms with van der Waals surface area (Å²) in [5, 5.41) is 0. The van der Waals surface area contributed by atoms with Gasteiger partial charge < -0.3 is 18.7 Å². The number of ether oxygens (including phenoxy) is 2. The average molecular weight is 453 g/mol. The number of hydrogen-bond donors (Lipinski definition) is 0. The van der Waals surface area contributed by atoms with Crippen LogP contribution in [0.15, 0.2) is 0 Å². The van der Waals surface area contributed by atoms with Gasteiger partial charge in [0.1, 0.15) is 6.29 Å². The molecule has 1 spiro atoms. The molecule has 180 valence electrons. The Kier molecular flexibility index (Phi) is 7.53. The van der Waals surface area contributed by atoms with Gasteiger partial charge in [-0.2, -0.15) is 0 Å². The summed E-state index contributed by atoms with van der Waals surface area (Å²) in [5.41, 5.74) is 1.65. The molecular weight excluding hydrogens is 404 g/mol. The van der Waals surface area contributed by atoms with E-state index in [4.69, 9.17) is 13.9 Å². The zero-order chi connectivity index (χ0) is 23.1. The van der Waals surface area contributed by atoms with Crippen molar-refractivity contribution in [3.63, 3.8) is 0 Å². The molecule has 2 saturated carbocycles. The summed E-state index contributed by atoms with van der Waals surface area (Å²) in [6.45, 7) is 21.0. The van der Waals surface area contributed by atoms with Gasteiger partial charge in [0, 0.05) is 24.4 Å². The number of rotatable bonds is 8. The van der Waals surface area contributed by atoms with Gasteiger partial charge in [-0.05, 0) is 60.1 Å². The lowest BCUT2D eigenvalue weighted by atomic mass is 9.45. The maximum absolute atomic E-state index is 12.3. The molecule has 0 aromatic rings. The summed E-state index contributed by atoms with van der Waals surface area (Å²) in [6.07, 6.45) is 7.41. The number of aldehydes is 1. The van der Waals surface area contributed by atoms with Crippen LogP contribution < -0.4 is 0 Å². The second-order valence-corrected chi connectivity index (χ2v) is 17.5. The molecule has 1 aliphatic heterocycles. The molecule has 1 saturated heterocycles. The van der Waals surface area contributed by atoms with Crippen molar-refractivity contribution in [3.8, 4) is 0 Å². The Bertz CT molecular complexity index is 605. The molecule has 4 atom stereocenters. The third kappa shape index (κ3) is 3.89. The molecule has 0 bridgehead atoms. The van der Waals surface area contributed by atoms with Gasteiger partial charge in [0.15, 0.2) is 14.1 Å². The van der Waals surface area contributed by atoms with E-state index in [9.17, 15) is 4.79 Å². The fourth-order valence-corrected chi connectivity index (χ4v) is 13.8. The lowest BCUT2D eigenvalue weighted by Gasteiger charge is -2.62. The topological polar surface area (TPSA) is 44.8 Å². The van der Waals surface area contributed by atoms with E-state index in [2.05, 4.69) is 55.4 Å². The van der Waals surface area contributed by atoms with Crippen LogP contribution in [0.1, 0.15) is 93.9 Å². The minimum absolute atomic E-state index is 0.0291. The van der Waals surface area contributed by atoms with E-state index in [1.807, 2.05) is 0 Å². The summed E-state index contributed by atoms with van der Waals surface area (Å²) in [6, 6.07) is 0. The van der Waals surface area contributed by atoms with Crippen LogP contribution >= 0.6 is 0 Å². The number of carbonyl (C=O) groups is 1. The van der Waals surface area contributed by atoms with Gasteiger partial charge in [0.25, 0.3) is 0 Å². The molecule has 4 nitrogen and oxygen atoms in total. The molecule has 0 aromatic heterocycles. The van der Waals surface area contributed by atoms with E-state index < -0.39 is 14.1 Å². The third-order valence-corrected chi connectivity index (χ3v) is 16.0. The fraction of sp³-hybridized carbons (Fsp3) is 0.962. The standard InChI is InChI=1S/C26H48O4Si/c1-19(2)31(20(3)4,21(5)6)30-15-14-24(7)22(18-27)11-13-25(8)23(24)10-9-12-26(25)28-16-17-29-26/h18-23H,9-17H2,1-8H3/t22-,23-,24+,25-/m1/s1. The van der Waals surface area contributed by atoms with Gasteiger partial charge in [0.05, 0.1) is 13.2 Å². The van der Waals surface area contributed by atoms with Crippen LogP contribution in [0.2, 0.25) is 16.6 Å². The van der Waals surface area contributed by atoms with Crippen LogP contribution in [0.3, 0.4) is 0 Å². The average Bonchev–Trinajstić information content (AvgIpc) is 3.16. The summed E-state index contributed by atoms with van der Waals surface area (Å²) < 4.78 is 19.6. The van der Waals surface area contributed by atoms with Gasteiger partial charge in [-0.3, -0.25) is 0 Å². The monoisotopic (exact) mass is 452 g/mol. The van der Waals surface area contributed by atoms with Crippen molar-refractivity contribution in [1.82, 2.24) is 0 Å². The van der Waals surface area contributed by atoms with Gasteiger partial charge in [0.2, 0.25) is 0 Å². The summed E-state index contributed by atoms with van der Waals surface area (Å²) >= 11 is 0. The highest BCUT2D eigenvalue weighted by molar-refractivity contribution is 6.77. The van der Waals surface area contributed by atoms with Crippen molar-refractivity contribution in [3.05, 3.63) is 0 Å². The van der Waals surface area contributed by atoms with E-state index in [-0.39, 0.29) is 16.7 Å². The van der Waals surface area contributed by atoms with Gasteiger partial charge in [-0.25, -0.2) is 0 Å². The van der Waals surface area contributed by atoms with Crippen LogP contribution in [-0.4, -0.2) is 40.2 Å². The second kappa shape index (κ2) is 9.19. The largest absolute Gasteiger partial charge is 0.416 e. The molecule has 3 aliphatic rings. The summed E-state index contributed by atoms with van der Waals surface area (Å²) in [5.74, 6) is 0.0737. The van der Waals surface area contributed by atoms with Crippen molar-refractivity contribution < 1.29 is 18.7 Å². The molecule has 31 heavy (non-hydrogen) atoms. The lowest BCUT2D eigenvalue weighted by molar-refractivity contribution is -0.296. The van der Waals surface area contributed by atoms with E-state index in [1.54, 1.807) is 0 Å². The van der Waals surface area contributed by atoms with Gasteiger partial charge >= 0.3 is 0 Å². The van der Waals surface area contributed by atoms with Crippen LogP contribution in [0, 0.1) is 22.7 Å². The zero-order valence-electron chi connectivity index (χ0n) is 21.5. The first kappa shape index (κ1) is 25.4. The Morgan fingerprint density at radius 2 is 1.55 bits per heavy atom. The third-order valence-electron chi connectivity index (χ3n) is 9.87. The lowest BCUT2D eigenvalue weighted by Crippen LogP contribution is -2.62. The minimum atomic E-state index is -1.91. The molecular formula is C26H48O4Si. The normalized spacial score (nSPS) is 35.8. The molecule has 0 unspecified atom stereocenters. The molecule has 3 rings (SSSR count). The maximum atomic E-state index is 12.3. The molecule has 0 radical (unpaired) electrons. The summed E-state index contributed by atoms with van der Waals surface area (Å²) in [7, 11) is -1.91. The highest BCUT2D eigenvalue weighted by Gasteiger charge is 2.65. The van der Waals surface area contributed by atoms with Crippen LogP contribution in [0.25, 0.3) is 0 Å². The molecule has 1 heterocycles. The zero-order valence-corrected chi connectivity index (χ0v) is 22.5. The summed E-state index contributed by atoms with van der Waals surface area (Å²) in [4.78, 5) is 12.3. The van der Waals surface area contributed by atoms with Crippen molar-refractivity contribution in [2.75, 3.05) is 19.8 Å². The molecule has 0 N–H and O–H groups in total. The van der Waals surface area contributed by atoms with Crippen LogP contribution in [-0.2, 0) is 18.7 Å². The SMILES string of the molecule is CC(C)[Si](OCC[C@]1(C)[C@H]2CCCC3(OCCO3)[C@]2(C)CC[C@@H]1C=O)(C(C)C)C(C)C. The molecule has 0 aromatic carbocycles. The first-order valence-electron chi connectivity index (χ1n) is 12.9. The smallest absolute Gasteiger partial charge is 0.200 e. The van der Waals surface area contributed by atoms with Gasteiger partial charge in [-0.15, -0.1) is 0 Å². The molecule has 3 fully saturated rings. The second-order valence-electron chi connectivity index (χ2n) is 12.0. The van der Waals surface area contributed by atoms with Crippen molar-refractivity contribution in [2.45, 2.75) is 116 Å². The first-order chi connectivity index (χ1) is 14.5.